The number of esters is 1. The molecular weight excluding hydrogens is 254 g/mol. The predicted octanol–water partition coefficient (Wildman–Crippen LogP) is 3.14. The summed E-state index contributed by atoms with van der Waals surface area (Å²) in [6.45, 7) is 2.70. The van der Waals surface area contributed by atoms with Crippen molar-refractivity contribution in [1.29, 1.82) is 0 Å². The number of ether oxygens (including phenoxy) is 2. The van der Waals surface area contributed by atoms with E-state index < -0.39 is 0 Å². The molecule has 0 aliphatic rings. The van der Waals surface area contributed by atoms with Gasteiger partial charge in [-0.2, -0.15) is 0 Å². The van der Waals surface area contributed by atoms with Crippen molar-refractivity contribution >= 4 is 22.4 Å². The van der Waals surface area contributed by atoms with Gasteiger partial charge < -0.3 is 15.2 Å². The highest BCUT2D eigenvalue weighted by Gasteiger charge is 2.05. The number of hydrogen-bond donors (Lipinski definition) is 1. The van der Waals surface area contributed by atoms with Crippen molar-refractivity contribution in [3.05, 3.63) is 36.4 Å². The molecule has 0 saturated carbocycles. The second-order valence-electron chi connectivity index (χ2n) is 4.46. The zero-order valence-electron chi connectivity index (χ0n) is 11.6. The fourth-order valence-corrected chi connectivity index (χ4v) is 2.05. The number of anilines is 1. The first-order valence-electron chi connectivity index (χ1n) is 6.78. The lowest BCUT2D eigenvalue weighted by atomic mass is 10.1. The second-order valence-corrected chi connectivity index (χ2v) is 4.46. The van der Waals surface area contributed by atoms with Crippen molar-refractivity contribution in [3.63, 3.8) is 0 Å². The van der Waals surface area contributed by atoms with Gasteiger partial charge in [-0.3, -0.25) is 4.79 Å². The van der Waals surface area contributed by atoms with Gasteiger partial charge in [0.1, 0.15) is 5.75 Å². The van der Waals surface area contributed by atoms with Crippen molar-refractivity contribution in [2.75, 3.05) is 18.9 Å². The lowest BCUT2D eigenvalue weighted by Gasteiger charge is -2.10. The van der Waals surface area contributed by atoms with Crippen LogP contribution >= 0.6 is 0 Å². The summed E-state index contributed by atoms with van der Waals surface area (Å²) in [6, 6.07) is 11.5. The summed E-state index contributed by atoms with van der Waals surface area (Å²) in [7, 11) is 0. The molecule has 0 heterocycles. The molecule has 4 nitrogen and oxygen atoms in total. The zero-order chi connectivity index (χ0) is 14.4. The summed E-state index contributed by atoms with van der Waals surface area (Å²) in [5.74, 6) is 0.608. The van der Waals surface area contributed by atoms with E-state index in [1.54, 1.807) is 6.92 Å². The highest BCUT2D eigenvalue weighted by molar-refractivity contribution is 5.96. The van der Waals surface area contributed by atoms with Crippen molar-refractivity contribution in [2.24, 2.45) is 0 Å². The number of rotatable bonds is 6. The number of nitrogens with two attached hydrogens (primary N) is 1. The van der Waals surface area contributed by atoms with Gasteiger partial charge >= 0.3 is 5.97 Å². The Morgan fingerprint density at radius 1 is 1.15 bits per heavy atom. The molecule has 106 valence electrons. The summed E-state index contributed by atoms with van der Waals surface area (Å²) in [5, 5.41) is 1.97. The van der Waals surface area contributed by atoms with Gasteiger partial charge in [0.2, 0.25) is 0 Å². The average molecular weight is 273 g/mol. The van der Waals surface area contributed by atoms with Gasteiger partial charge in [-0.15, -0.1) is 0 Å². The number of benzene rings is 2. The largest absolute Gasteiger partial charge is 0.493 e. The van der Waals surface area contributed by atoms with Crippen molar-refractivity contribution < 1.29 is 14.3 Å². The minimum atomic E-state index is -0.182. The molecule has 0 spiro atoms. The highest BCUT2D eigenvalue weighted by atomic mass is 16.5. The van der Waals surface area contributed by atoms with Gasteiger partial charge in [-0.05, 0) is 25.5 Å². The molecule has 0 aromatic heterocycles. The van der Waals surface area contributed by atoms with Crippen LogP contribution in [0.5, 0.6) is 5.75 Å². The molecule has 4 heteroatoms. The van der Waals surface area contributed by atoms with E-state index in [-0.39, 0.29) is 5.97 Å². The van der Waals surface area contributed by atoms with Crippen LogP contribution in [0.2, 0.25) is 0 Å². The first-order chi connectivity index (χ1) is 9.72. The minimum Gasteiger partial charge on any atom is -0.493 e. The van der Waals surface area contributed by atoms with E-state index in [1.165, 1.54) is 0 Å². The Balaban J connectivity index is 1.97. The van der Waals surface area contributed by atoms with Gasteiger partial charge in [0.05, 0.1) is 13.2 Å². The Morgan fingerprint density at radius 2 is 1.90 bits per heavy atom. The SMILES string of the molecule is CCOC(=O)CCCOc1ccc(N)c2ccccc12. The molecular formula is C16H19NO3. The molecule has 20 heavy (non-hydrogen) atoms. The Kier molecular flexibility index (Phi) is 4.82. The van der Waals surface area contributed by atoms with Crippen LogP contribution in [0.3, 0.4) is 0 Å². The lowest BCUT2D eigenvalue weighted by Crippen LogP contribution is -2.07. The van der Waals surface area contributed by atoms with Crippen LogP contribution in [-0.4, -0.2) is 19.2 Å². The molecule has 0 fully saturated rings. The number of carbonyl (C=O) groups is 1. The maximum absolute atomic E-state index is 11.2. The fraction of sp³-hybridized carbons (Fsp3) is 0.312. The van der Waals surface area contributed by atoms with E-state index in [0.29, 0.717) is 26.1 Å². The first kappa shape index (κ1) is 14.2. The Bertz CT molecular complexity index is 595. The summed E-state index contributed by atoms with van der Waals surface area (Å²) >= 11 is 0. The monoisotopic (exact) mass is 273 g/mol. The lowest BCUT2D eigenvalue weighted by molar-refractivity contribution is -0.143. The number of carbonyl (C=O) groups excluding carboxylic acids is 1. The molecule has 2 aromatic rings. The molecule has 2 rings (SSSR count). The molecule has 0 bridgehead atoms. The zero-order valence-corrected chi connectivity index (χ0v) is 11.6. The average Bonchev–Trinajstić information content (AvgIpc) is 2.46. The quantitative estimate of drug-likeness (QED) is 0.499. The van der Waals surface area contributed by atoms with E-state index in [9.17, 15) is 4.79 Å². The smallest absolute Gasteiger partial charge is 0.305 e. The topological polar surface area (TPSA) is 61.5 Å². The normalized spacial score (nSPS) is 10.4. The number of fused-ring (bicyclic) bond motifs is 1. The maximum atomic E-state index is 11.2. The van der Waals surface area contributed by atoms with E-state index in [1.807, 2.05) is 36.4 Å². The van der Waals surface area contributed by atoms with Crippen molar-refractivity contribution in [2.45, 2.75) is 19.8 Å². The molecule has 0 aliphatic heterocycles. The molecule has 0 amide bonds. The van der Waals surface area contributed by atoms with Gasteiger partial charge in [-0.25, -0.2) is 0 Å². The van der Waals surface area contributed by atoms with Gasteiger partial charge in [0.25, 0.3) is 0 Å². The second kappa shape index (κ2) is 6.80. The molecule has 2 N–H and O–H groups in total. The number of nitrogen functional groups attached to an aromatic ring is 1. The highest BCUT2D eigenvalue weighted by Crippen LogP contribution is 2.29. The third-order valence-corrected chi connectivity index (χ3v) is 3.01. The van der Waals surface area contributed by atoms with E-state index in [2.05, 4.69) is 0 Å². The predicted molar refractivity (Wildman–Crippen MR) is 79.7 cm³/mol. The molecule has 0 unspecified atom stereocenters. The summed E-state index contributed by atoms with van der Waals surface area (Å²) < 4.78 is 10.6. The summed E-state index contributed by atoms with van der Waals surface area (Å²) in [4.78, 5) is 11.2. The summed E-state index contributed by atoms with van der Waals surface area (Å²) in [5.41, 5.74) is 6.67. The minimum absolute atomic E-state index is 0.182. The molecule has 2 aromatic carbocycles. The molecule has 0 saturated heterocycles. The van der Waals surface area contributed by atoms with Crippen molar-refractivity contribution in [3.8, 4) is 5.75 Å². The number of hydrogen-bond acceptors (Lipinski definition) is 4. The Labute approximate surface area is 118 Å². The molecule has 0 radical (unpaired) electrons. The van der Waals surface area contributed by atoms with Crippen LogP contribution in [0.25, 0.3) is 10.8 Å². The van der Waals surface area contributed by atoms with E-state index in [4.69, 9.17) is 15.2 Å². The van der Waals surface area contributed by atoms with Crippen LogP contribution in [0.15, 0.2) is 36.4 Å². The van der Waals surface area contributed by atoms with Crippen LogP contribution in [0, 0.1) is 0 Å². The molecule has 0 atom stereocenters. The Morgan fingerprint density at radius 3 is 2.65 bits per heavy atom. The summed E-state index contributed by atoms with van der Waals surface area (Å²) in [6.07, 6.45) is 1.01. The third-order valence-electron chi connectivity index (χ3n) is 3.01. The van der Waals surface area contributed by atoms with Crippen LogP contribution in [-0.2, 0) is 9.53 Å². The van der Waals surface area contributed by atoms with E-state index >= 15 is 0 Å². The van der Waals surface area contributed by atoms with Gasteiger partial charge in [0, 0.05) is 22.9 Å². The first-order valence-corrected chi connectivity index (χ1v) is 6.78. The Hall–Kier alpha value is -2.23. The maximum Gasteiger partial charge on any atom is 0.305 e. The van der Waals surface area contributed by atoms with Crippen LogP contribution in [0.1, 0.15) is 19.8 Å². The third kappa shape index (κ3) is 3.41. The van der Waals surface area contributed by atoms with Gasteiger partial charge in [0.15, 0.2) is 0 Å². The standard InChI is InChI=1S/C16H19NO3/c1-2-19-16(18)8-5-11-20-15-10-9-14(17)12-6-3-4-7-13(12)15/h3-4,6-7,9-10H,2,5,8,11,17H2,1H3. The van der Waals surface area contributed by atoms with Crippen LogP contribution < -0.4 is 10.5 Å². The van der Waals surface area contributed by atoms with Crippen LogP contribution in [0.4, 0.5) is 5.69 Å². The van der Waals surface area contributed by atoms with Gasteiger partial charge in [-0.1, -0.05) is 24.3 Å². The fourth-order valence-electron chi connectivity index (χ4n) is 2.05. The van der Waals surface area contributed by atoms with Crippen molar-refractivity contribution in [1.82, 2.24) is 0 Å². The van der Waals surface area contributed by atoms with E-state index in [0.717, 1.165) is 22.2 Å². The molecule has 0 aliphatic carbocycles.